The lowest BCUT2D eigenvalue weighted by atomic mass is 9.79. The zero-order valence-electron chi connectivity index (χ0n) is 26.6. The van der Waals surface area contributed by atoms with Crippen LogP contribution < -0.4 is 9.47 Å². The van der Waals surface area contributed by atoms with Gasteiger partial charge in [-0.2, -0.15) is 8.78 Å². The van der Waals surface area contributed by atoms with E-state index in [1.165, 1.54) is 24.1 Å². The maximum absolute atomic E-state index is 16.7. The van der Waals surface area contributed by atoms with E-state index in [0.717, 1.165) is 18.3 Å². The second kappa shape index (κ2) is 13.5. The summed E-state index contributed by atoms with van der Waals surface area (Å²) in [5, 5.41) is 22.0. The van der Waals surface area contributed by atoms with Crippen LogP contribution in [0.4, 0.5) is 23.7 Å². The van der Waals surface area contributed by atoms with Gasteiger partial charge in [-0.25, -0.2) is 14.2 Å². The minimum Gasteiger partial charge on any atom is -0.497 e. The van der Waals surface area contributed by atoms with Crippen LogP contribution in [0.15, 0.2) is 59.3 Å². The fourth-order valence-corrected chi connectivity index (χ4v) is 6.15. The van der Waals surface area contributed by atoms with Crippen molar-refractivity contribution >= 4 is 35.0 Å². The third-order valence-electron chi connectivity index (χ3n) is 7.97. The van der Waals surface area contributed by atoms with E-state index in [1.54, 1.807) is 45.0 Å². The maximum atomic E-state index is 16.7. The molecule has 0 bridgehead atoms. The topological polar surface area (TPSA) is 124 Å². The number of hydrogen-bond donors (Lipinski definition) is 1. The van der Waals surface area contributed by atoms with E-state index in [1.807, 2.05) is 0 Å². The van der Waals surface area contributed by atoms with Gasteiger partial charge in [0.05, 0.1) is 30.1 Å². The highest BCUT2D eigenvalue weighted by atomic mass is 35.5. The number of nitro groups is 1. The molecule has 3 aromatic rings. The molecule has 1 aromatic heterocycles. The van der Waals surface area contributed by atoms with E-state index in [2.05, 4.69) is 4.98 Å². The highest BCUT2D eigenvalue weighted by Crippen LogP contribution is 2.56. The second-order valence-electron chi connectivity index (χ2n) is 12.3. The van der Waals surface area contributed by atoms with Gasteiger partial charge in [0, 0.05) is 29.2 Å². The fraction of sp³-hybridized carbons (Fsp3) is 0.353. The molecule has 1 unspecified atom stereocenters. The number of aliphatic hydroxyl groups excluding tert-OH is 1. The Hall–Kier alpha value is -4.62. The summed E-state index contributed by atoms with van der Waals surface area (Å²) in [5.41, 5.74) is -2.24. The number of allylic oxidation sites excluding steroid dienone is 1. The Morgan fingerprint density at radius 3 is 2.54 bits per heavy atom. The quantitative estimate of drug-likeness (QED) is 0.190. The number of aromatic nitrogens is 1. The smallest absolute Gasteiger partial charge is 0.410 e. The number of methoxy groups -OCH3 is 1. The first-order chi connectivity index (χ1) is 22.7. The molecular formula is C34H33ClF3N3O7. The predicted molar refractivity (Wildman–Crippen MR) is 172 cm³/mol. The molecular weight excluding hydrogens is 655 g/mol. The van der Waals surface area contributed by atoms with Gasteiger partial charge in [-0.15, -0.1) is 0 Å². The van der Waals surface area contributed by atoms with Gasteiger partial charge in [-0.3, -0.25) is 10.1 Å². The Bertz CT molecular complexity index is 1810. The third-order valence-corrected chi connectivity index (χ3v) is 8.30. The molecule has 1 aliphatic heterocycles. The number of aliphatic hydroxyl groups is 1. The predicted octanol–water partition coefficient (Wildman–Crippen LogP) is 7.57. The van der Waals surface area contributed by atoms with E-state index < -0.39 is 62.9 Å². The normalized spacial score (nSPS) is 17.4. The van der Waals surface area contributed by atoms with E-state index in [0.29, 0.717) is 11.3 Å². The minimum absolute atomic E-state index is 0.0243. The molecule has 254 valence electrons. The van der Waals surface area contributed by atoms with Crippen LogP contribution in [0.3, 0.4) is 0 Å². The molecule has 5 rings (SSSR count). The molecule has 10 nitrogen and oxygen atoms in total. The number of carbonyl (C=O) groups excluding carboxylic acids is 1. The maximum Gasteiger partial charge on any atom is 0.410 e. The van der Waals surface area contributed by atoms with Crippen LogP contribution in [0.5, 0.6) is 11.5 Å². The van der Waals surface area contributed by atoms with Crippen molar-refractivity contribution in [1.29, 1.82) is 0 Å². The molecule has 1 amide bonds. The van der Waals surface area contributed by atoms with Gasteiger partial charge >= 0.3 is 12.0 Å². The van der Waals surface area contributed by atoms with Crippen LogP contribution in [-0.4, -0.2) is 58.4 Å². The van der Waals surface area contributed by atoms with Crippen molar-refractivity contribution in [3.63, 3.8) is 0 Å². The third kappa shape index (κ3) is 6.83. The molecule has 1 N–H and O–H groups in total. The second-order valence-corrected chi connectivity index (χ2v) is 12.7. The number of carbonyl (C=O) groups is 1. The van der Waals surface area contributed by atoms with Crippen molar-refractivity contribution in [2.24, 2.45) is 0 Å². The summed E-state index contributed by atoms with van der Waals surface area (Å²) < 4.78 is 65.2. The molecule has 2 aliphatic rings. The fourth-order valence-electron chi connectivity index (χ4n) is 5.79. The van der Waals surface area contributed by atoms with E-state index in [4.69, 9.17) is 25.8 Å². The average molecular weight is 688 g/mol. The van der Waals surface area contributed by atoms with Crippen molar-refractivity contribution < 1.29 is 42.2 Å². The van der Waals surface area contributed by atoms with E-state index >= 15 is 13.2 Å². The molecule has 48 heavy (non-hydrogen) atoms. The summed E-state index contributed by atoms with van der Waals surface area (Å²) in [6, 6.07) is 10.5. The Kier molecular flexibility index (Phi) is 9.74. The first kappa shape index (κ1) is 34.7. The van der Waals surface area contributed by atoms with Crippen LogP contribution in [0, 0.1) is 15.9 Å². The number of alkyl halides is 2. The van der Waals surface area contributed by atoms with Crippen LogP contribution in [-0.2, 0) is 17.3 Å². The summed E-state index contributed by atoms with van der Waals surface area (Å²) in [7, 11) is 1.51. The van der Waals surface area contributed by atoms with Crippen molar-refractivity contribution in [3.05, 3.63) is 103 Å². The first-order valence-corrected chi connectivity index (χ1v) is 15.3. The number of ether oxygens (including phenoxy) is 3. The Morgan fingerprint density at radius 2 is 1.92 bits per heavy atom. The van der Waals surface area contributed by atoms with Gasteiger partial charge in [0.1, 0.15) is 41.4 Å². The minimum atomic E-state index is -3.97. The SMILES string of the molecule is COc1ccc(COc2cccc(F)c2C2C(Cl)=Cc3c(ncc([N+](=O)[O-])c3C3=C(CO)CN(C(=O)OC(C)(C)C)CC3)C2(F)F)cc1. The average Bonchev–Trinajstić information content (AvgIpc) is 3.03. The lowest BCUT2D eigenvalue weighted by Gasteiger charge is -2.35. The summed E-state index contributed by atoms with van der Waals surface area (Å²) in [4.78, 5) is 29.3. The van der Waals surface area contributed by atoms with Gasteiger partial charge < -0.3 is 24.2 Å². The number of nitrogens with zero attached hydrogens (tertiary/aromatic N) is 3. The number of amides is 1. The Balaban J connectivity index is 1.58. The number of hydrogen-bond acceptors (Lipinski definition) is 8. The lowest BCUT2D eigenvalue weighted by molar-refractivity contribution is -0.385. The molecule has 0 saturated heterocycles. The van der Waals surface area contributed by atoms with Gasteiger partial charge in [0.15, 0.2) is 0 Å². The lowest BCUT2D eigenvalue weighted by Crippen LogP contribution is -2.41. The summed E-state index contributed by atoms with van der Waals surface area (Å²) in [6.07, 6.45) is 1.15. The Labute approximate surface area is 279 Å². The van der Waals surface area contributed by atoms with Gasteiger partial charge in [0.25, 0.3) is 5.69 Å². The number of fused-ring (bicyclic) bond motifs is 1. The zero-order valence-corrected chi connectivity index (χ0v) is 27.3. The summed E-state index contributed by atoms with van der Waals surface area (Å²) in [6.45, 7) is 4.24. The van der Waals surface area contributed by atoms with Crippen molar-refractivity contribution in [3.8, 4) is 11.5 Å². The van der Waals surface area contributed by atoms with Gasteiger partial charge in [-0.1, -0.05) is 29.8 Å². The number of halogens is 4. The zero-order chi connectivity index (χ0) is 35.0. The molecule has 2 heterocycles. The molecule has 0 saturated carbocycles. The number of pyridine rings is 1. The van der Waals surface area contributed by atoms with Crippen molar-refractivity contribution in [2.45, 2.75) is 51.2 Å². The summed E-state index contributed by atoms with van der Waals surface area (Å²) >= 11 is 6.58. The van der Waals surface area contributed by atoms with Crippen LogP contribution in [0.1, 0.15) is 61.1 Å². The molecule has 1 aliphatic carbocycles. The van der Waals surface area contributed by atoms with Gasteiger partial charge in [-0.05, 0) is 74.2 Å². The van der Waals surface area contributed by atoms with Crippen LogP contribution in [0.25, 0.3) is 11.6 Å². The Morgan fingerprint density at radius 1 is 1.21 bits per heavy atom. The molecule has 0 spiro atoms. The largest absolute Gasteiger partial charge is 0.497 e. The van der Waals surface area contributed by atoms with E-state index in [9.17, 15) is 20.0 Å². The highest BCUT2D eigenvalue weighted by Gasteiger charge is 2.53. The molecule has 0 radical (unpaired) electrons. The van der Waals surface area contributed by atoms with Crippen LogP contribution in [0.2, 0.25) is 0 Å². The molecule has 0 fully saturated rings. The number of rotatable bonds is 8. The first-order valence-electron chi connectivity index (χ1n) is 14.9. The van der Waals surface area contributed by atoms with Crippen molar-refractivity contribution in [1.82, 2.24) is 9.88 Å². The molecule has 1 atom stereocenters. The monoisotopic (exact) mass is 687 g/mol. The number of benzene rings is 2. The van der Waals surface area contributed by atoms with Crippen molar-refractivity contribution in [2.75, 3.05) is 26.8 Å². The summed E-state index contributed by atoms with van der Waals surface area (Å²) in [5.74, 6) is -6.62. The molecule has 2 aromatic carbocycles. The standard InChI is InChI=1S/C34H33ClF3N3O7/c1-33(2,3)48-32(43)40-13-12-22(20(16-40)17-42)28-23-14-24(35)30(34(37,38)31(23)39-15-26(28)41(44)45)29-25(36)6-5-7-27(29)47-18-19-8-10-21(46-4)11-9-19/h5-11,14-15,30,42H,12-13,16-18H2,1-4H3. The van der Waals surface area contributed by atoms with Gasteiger partial charge in [0.2, 0.25) is 0 Å². The highest BCUT2D eigenvalue weighted by molar-refractivity contribution is 6.32. The van der Waals surface area contributed by atoms with Crippen LogP contribution >= 0.6 is 11.6 Å². The van der Waals surface area contributed by atoms with E-state index in [-0.39, 0.29) is 54.1 Å². The molecule has 14 heteroatoms.